The number of rotatable bonds is 7. The van der Waals surface area contributed by atoms with Crippen molar-refractivity contribution in [2.24, 2.45) is 0 Å². The molecule has 0 unspecified atom stereocenters. The number of aliphatic carboxylic acids is 1. The highest BCUT2D eigenvalue weighted by Gasteiger charge is 2.23. The van der Waals surface area contributed by atoms with E-state index in [4.69, 9.17) is 9.84 Å². The highest BCUT2D eigenvalue weighted by atomic mass is 16.5. The summed E-state index contributed by atoms with van der Waals surface area (Å²) in [5.41, 5.74) is 1.05. The molecule has 0 saturated carbocycles. The molecule has 0 spiro atoms. The number of carbonyl (C=O) groups is 3. The van der Waals surface area contributed by atoms with Crippen molar-refractivity contribution in [3.63, 3.8) is 0 Å². The van der Waals surface area contributed by atoms with E-state index in [1.165, 1.54) is 0 Å². The van der Waals surface area contributed by atoms with Crippen molar-refractivity contribution in [1.29, 1.82) is 0 Å². The summed E-state index contributed by atoms with van der Waals surface area (Å²) in [5, 5.41) is 11.1. The minimum Gasteiger partial charge on any atom is -0.484 e. The Bertz CT molecular complexity index is 511. The van der Waals surface area contributed by atoms with Gasteiger partial charge in [-0.25, -0.2) is 4.79 Å². The molecule has 0 aliphatic carbocycles. The van der Waals surface area contributed by atoms with Crippen LogP contribution in [0.15, 0.2) is 24.3 Å². The molecule has 114 valence electrons. The summed E-state index contributed by atoms with van der Waals surface area (Å²) in [6.45, 7) is 1.58. The van der Waals surface area contributed by atoms with E-state index in [1.54, 1.807) is 12.1 Å². The number of hydrogen-bond donors (Lipinski definition) is 2. The summed E-state index contributed by atoms with van der Waals surface area (Å²) in [4.78, 5) is 33.6. The van der Waals surface area contributed by atoms with E-state index >= 15 is 0 Å². The fourth-order valence-corrected chi connectivity index (χ4v) is 1.47. The van der Waals surface area contributed by atoms with E-state index in [-0.39, 0.29) is 6.61 Å². The molecule has 21 heavy (non-hydrogen) atoms. The second-order valence-corrected chi connectivity index (χ2v) is 4.34. The first-order chi connectivity index (χ1) is 9.92. The van der Waals surface area contributed by atoms with E-state index in [0.29, 0.717) is 5.75 Å². The topological polar surface area (TPSA) is 102 Å². The number of carboxylic acids is 1. The fraction of sp³-hybridized carbons (Fsp3) is 0.357. The molecular weight excluding hydrogens is 278 g/mol. The highest BCUT2D eigenvalue weighted by Crippen LogP contribution is 2.11. The number of hydrogen-bond acceptors (Lipinski definition) is 5. The maximum atomic E-state index is 11.6. The van der Waals surface area contributed by atoms with Gasteiger partial charge >= 0.3 is 11.9 Å². The molecule has 7 heteroatoms. The van der Waals surface area contributed by atoms with Gasteiger partial charge in [0, 0.05) is 0 Å². The van der Waals surface area contributed by atoms with E-state index in [2.05, 4.69) is 10.1 Å². The quantitative estimate of drug-likeness (QED) is 0.710. The number of ether oxygens (including phenoxy) is 2. The summed E-state index contributed by atoms with van der Waals surface area (Å²) in [7, 11) is 1.14. The number of aryl methyl sites for hydroxylation is 1. The summed E-state index contributed by atoms with van der Waals surface area (Å²) < 4.78 is 9.58. The van der Waals surface area contributed by atoms with Gasteiger partial charge < -0.3 is 19.9 Å². The van der Waals surface area contributed by atoms with E-state index in [9.17, 15) is 14.4 Å². The van der Waals surface area contributed by atoms with Crippen molar-refractivity contribution in [2.75, 3.05) is 13.7 Å². The lowest BCUT2D eigenvalue weighted by Crippen LogP contribution is -2.44. The Hall–Kier alpha value is -2.57. The van der Waals surface area contributed by atoms with Crippen molar-refractivity contribution in [3.8, 4) is 5.75 Å². The van der Waals surface area contributed by atoms with Crippen LogP contribution in [0.25, 0.3) is 0 Å². The lowest BCUT2D eigenvalue weighted by atomic mass is 10.2. The Morgan fingerprint density at radius 3 is 2.38 bits per heavy atom. The number of nitrogens with one attached hydrogen (secondary N) is 1. The molecule has 0 fully saturated rings. The largest absolute Gasteiger partial charge is 0.484 e. The highest BCUT2D eigenvalue weighted by molar-refractivity contribution is 5.87. The van der Waals surface area contributed by atoms with Gasteiger partial charge in [0.05, 0.1) is 13.5 Å². The minimum absolute atomic E-state index is 0.339. The van der Waals surface area contributed by atoms with Crippen LogP contribution >= 0.6 is 0 Å². The molecule has 0 saturated heterocycles. The Kier molecular flexibility index (Phi) is 6.19. The average molecular weight is 295 g/mol. The van der Waals surface area contributed by atoms with Gasteiger partial charge in [0.25, 0.3) is 5.91 Å². The van der Waals surface area contributed by atoms with Crippen LogP contribution in [0.2, 0.25) is 0 Å². The molecule has 0 aromatic heterocycles. The van der Waals surface area contributed by atoms with Crippen LogP contribution in [0, 0.1) is 6.92 Å². The van der Waals surface area contributed by atoms with E-state index < -0.39 is 30.3 Å². The Morgan fingerprint density at radius 1 is 1.24 bits per heavy atom. The summed E-state index contributed by atoms with van der Waals surface area (Å²) in [6.07, 6.45) is -0.442. The number of carbonyl (C=O) groups excluding carboxylic acids is 2. The molecule has 1 aromatic carbocycles. The normalized spacial score (nSPS) is 11.3. The molecule has 2 N–H and O–H groups in total. The maximum absolute atomic E-state index is 11.6. The van der Waals surface area contributed by atoms with Gasteiger partial charge in [-0.2, -0.15) is 0 Å². The van der Waals surface area contributed by atoms with Crippen LogP contribution < -0.4 is 10.1 Å². The number of amides is 1. The predicted octanol–water partition coefficient (Wildman–Crippen LogP) is 0.506. The lowest BCUT2D eigenvalue weighted by Gasteiger charge is -2.13. The van der Waals surface area contributed by atoms with Gasteiger partial charge in [0.1, 0.15) is 11.8 Å². The smallest absolute Gasteiger partial charge is 0.326 e. The molecule has 1 rings (SSSR count). The molecule has 0 radical (unpaired) electrons. The standard InChI is InChI=1S/C14H17NO6/c1-9-3-5-10(6-4-9)21-8-12(16)15-11(14(18)19)7-13(17)20-2/h3-6,11H,7-8H2,1-2H3,(H,15,16)(H,18,19)/t11-/m0/s1. The second-order valence-electron chi connectivity index (χ2n) is 4.34. The first-order valence-electron chi connectivity index (χ1n) is 6.21. The first kappa shape index (κ1) is 16.5. The zero-order valence-electron chi connectivity index (χ0n) is 11.8. The van der Waals surface area contributed by atoms with Crippen LogP contribution in [0.5, 0.6) is 5.75 Å². The molecule has 1 atom stereocenters. The Balaban J connectivity index is 2.48. The molecule has 1 amide bonds. The van der Waals surface area contributed by atoms with Crippen LogP contribution in [-0.4, -0.2) is 42.7 Å². The van der Waals surface area contributed by atoms with E-state index in [1.807, 2.05) is 19.1 Å². The Labute approximate surface area is 121 Å². The number of benzene rings is 1. The molecule has 7 nitrogen and oxygen atoms in total. The monoisotopic (exact) mass is 295 g/mol. The van der Waals surface area contributed by atoms with E-state index in [0.717, 1.165) is 12.7 Å². The second kappa shape index (κ2) is 7.88. The number of carboxylic acid groups (broad SMARTS) is 1. The molecule has 0 aliphatic heterocycles. The number of esters is 1. The fourth-order valence-electron chi connectivity index (χ4n) is 1.47. The van der Waals surface area contributed by atoms with Crippen LogP contribution in [0.4, 0.5) is 0 Å². The van der Waals surface area contributed by atoms with Crippen LogP contribution in [0.3, 0.4) is 0 Å². The third-order valence-electron chi connectivity index (χ3n) is 2.62. The van der Waals surface area contributed by atoms with Crippen molar-refractivity contribution in [3.05, 3.63) is 29.8 Å². The molecule has 1 aromatic rings. The van der Waals surface area contributed by atoms with Gasteiger partial charge in [-0.3, -0.25) is 9.59 Å². The Morgan fingerprint density at radius 2 is 1.86 bits per heavy atom. The van der Waals surface area contributed by atoms with Crippen molar-refractivity contribution >= 4 is 17.8 Å². The van der Waals surface area contributed by atoms with Crippen molar-refractivity contribution < 1.29 is 29.0 Å². The van der Waals surface area contributed by atoms with Gasteiger partial charge in [-0.1, -0.05) is 17.7 Å². The van der Waals surface area contributed by atoms with Crippen molar-refractivity contribution in [2.45, 2.75) is 19.4 Å². The summed E-state index contributed by atoms with van der Waals surface area (Å²) >= 11 is 0. The molecule has 0 heterocycles. The van der Waals surface area contributed by atoms with Gasteiger partial charge in [0.2, 0.25) is 0 Å². The van der Waals surface area contributed by atoms with Gasteiger partial charge in [-0.15, -0.1) is 0 Å². The van der Waals surface area contributed by atoms with Crippen LogP contribution in [-0.2, 0) is 19.1 Å². The molecule has 0 aliphatic rings. The van der Waals surface area contributed by atoms with Gasteiger partial charge in [0.15, 0.2) is 6.61 Å². The zero-order valence-corrected chi connectivity index (χ0v) is 11.8. The average Bonchev–Trinajstić information content (AvgIpc) is 2.45. The first-order valence-corrected chi connectivity index (χ1v) is 6.21. The lowest BCUT2D eigenvalue weighted by molar-refractivity contribution is -0.148. The number of methoxy groups -OCH3 is 1. The maximum Gasteiger partial charge on any atom is 0.326 e. The zero-order chi connectivity index (χ0) is 15.8. The SMILES string of the molecule is COC(=O)C[C@H](NC(=O)COc1ccc(C)cc1)C(=O)O. The predicted molar refractivity (Wildman–Crippen MR) is 72.9 cm³/mol. The van der Waals surface area contributed by atoms with Gasteiger partial charge in [-0.05, 0) is 19.1 Å². The van der Waals surface area contributed by atoms with Crippen molar-refractivity contribution in [1.82, 2.24) is 5.32 Å². The molecular formula is C14H17NO6. The van der Waals surface area contributed by atoms with Crippen LogP contribution in [0.1, 0.15) is 12.0 Å². The molecule has 0 bridgehead atoms. The minimum atomic E-state index is -1.34. The third kappa shape index (κ3) is 5.94. The summed E-state index contributed by atoms with van der Waals surface area (Å²) in [6, 6.07) is 5.71. The summed E-state index contributed by atoms with van der Waals surface area (Å²) in [5.74, 6) is -2.17. The third-order valence-corrected chi connectivity index (χ3v) is 2.62.